The Bertz CT molecular complexity index is 1170. The summed E-state index contributed by atoms with van der Waals surface area (Å²) in [6, 6.07) is 10.4. The van der Waals surface area contributed by atoms with E-state index < -0.39 is 16.0 Å². The third-order valence-electron chi connectivity index (χ3n) is 4.01. The van der Waals surface area contributed by atoms with Gasteiger partial charge >= 0.3 is 5.97 Å². The Kier molecular flexibility index (Phi) is 5.85. The van der Waals surface area contributed by atoms with Crippen LogP contribution >= 0.6 is 23.2 Å². The first-order chi connectivity index (χ1) is 13.7. The van der Waals surface area contributed by atoms with Crippen LogP contribution in [0.15, 0.2) is 47.4 Å². The minimum Gasteiger partial charge on any atom is -0.494 e. The quantitative estimate of drug-likeness (QED) is 0.590. The number of ether oxygens (including phenoxy) is 2. The molecule has 0 aliphatic rings. The predicted molar refractivity (Wildman–Crippen MR) is 108 cm³/mol. The van der Waals surface area contributed by atoms with E-state index in [-0.39, 0.29) is 20.6 Å². The van der Waals surface area contributed by atoms with Crippen molar-refractivity contribution in [2.75, 3.05) is 14.2 Å². The van der Waals surface area contributed by atoms with Crippen LogP contribution in [0.4, 0.5) is 0 Å². The molecule has 2 N–H and O–H groups in total. The third-order valence-corrected chi connectivity index (χ3v) is 5.50. The average Bonchev–Trinajstić information content (AvgIpc) is 3.12. The second-order valence-corrected chi connectivity index (χ2v) is 8.21. The minimum atomic E-state index is -3.85. The van der Waals surface area contributed by atoms with Gasteiger partial charge in [0.1, 0.15) is 0 Å². The number of carbonyl (C=O) groups excluding carboxylic acids is 1. The van der Waals surface area contributed by atoms with Crippen LogP contribution in [0, 0.1) is 0 Å². The second-order valence-electron chi connectivity index (χ2n) is 5.83. The molecule has 0 atom stereocenters. The largest absolute Gasteiger partial charge is 0.494 e. The molecule has 0 saturated heterocycles. The van der Waals surface area contributed by atoms with E-state index in [9.17, 15) is 13.2 Å². The number of carbonyl (C=O) groups is 1. The summed E-state index contributed by atoms with van der Waals surface area (Å²) < 4.78 is 34.3. The van der Waals surface area contributed by atoms with Crippen molar-refractivity contribution in [2.24, 2.45) is 5.14 Å². The van der Waals surface area contributed by atoms with Gasteiger partial charge in [-0.2, -0.15) is 5.10 Å². The van der Waals surface area contributed by atoms with Crippen LogP contribution in [0.25, 0.3) is 16.9 Å². The van der Waals surface area contributed by atoms with E-state index in [0.29, 0.717) is 22.7 Å². The number of rotatable bonds is 5. The van der Waals surface area contributed by atoms with Crippen molar-refractivity contribution in [3.05, 3.63) is 58.2 Å². The van der Waals surface area contributed by atoms with Crippen molar-refractivity contribution in [3.63, 3.8) is 0 Å². The highest BCUT2D eigenvalue weighted by atomic mass is 35.5. The Morgan fingerprint density at radius 2 is 1.66 bits per heavy atom. The zero-order valence-electron chi connectivity index (χ0n) is 15.2. The molecule has 0 bridgehead atoms. The van der Waals surface area contributed by atoms with Crippen molar-refractivity contribution in [3.8, 4) is 22.7 Å². The monoisotopic (exact) mass is 455 g/mol. The van der Waals surface area contributed by atoms with Crippen molar-refractivity contribution >= 4 is 39.2 Å². The summed E-state index contributed by atoms with van der Waals surface area (Å²) in [7, 11) is -1.16. The smallest absolute Gasteiger partial charge is 0.358 e. The average molecular weight is 456 g/mol. The zero-order chi connectivity index (χ0) is 21.3. The summed E-state index contributed by atoms with van der Waals surface area (Å²) in [6.07, 6.45) is 0. The van der Waals surface area contributed by atoms with Crippen LogP contribution < -0.4 is 9.88 Å². The number of benzene rings is 2. The first kappa shape index (κ1) is 21.1. The lowest BCUT2D eigenvalue weighted by Crippen LogP contribution is -2.12. The van der Waals surface area contributed by atoms with Gasteiger partial charge in [0.15, 0.2) is 11.4 Å². The molecule has 11 heteroatoms. The molecule has 0 aliphatic carbocycles. The Morgan fingerprint density at radius 1 is 1.07 bits per heavy atom. The van der Waals surface area contributed by atoms with Crippen LogP contribution in [0.1, 0.15) is 10.5 Å². The summed E-state index contributed by atoms with van der Waals surface area (Å²) in [5, 5.41) is 9.94. The number of esters is 1. The van der Waals surface area contributed by atoms with E-state index in [4.69, 9.17) is 37.8 Å². The zero-order valence-corrected chi connectivity index (χ0v) is 17.5. The molecule has 152 valence electrons. The fourth-order valence-electron chi connectivity index (χ4n) is 2.67. The fourth-order valence-corrected chi connectivity index (χ4v) is 3.82. The van der Waals surface area contributed by atoms with Gasteiger partial charge in [-0.05, 0) is 42.5 Å². The molecule has 0 radical (unpaired) electrons. The standard InChI is InChI=1S/C18H15Cl2N3O5S/c1-27-17-13(19)7-10(8-14(17)20)16-9-15(18(24)28-2)22-23(16)11-3-5-12(6-4-11)29(21,25)26/h3-9H,1-2H3,(H2,21,25,26). The van der Waals surface area contributed by atoms with Gasteiger partial charge in [0, 0.05) is 5.56 Å². The first-order valence-corrected chi connectivity index (χ1v) is 10.3. The molecule has 3 rings (SSSR count). The molecule has 29 heavy (non-hydrogen) atoms. The number of sulfonamides is 1. The number of nitrogens with zero attached hydrogens (tertiary/aromatic N) is 2. The normalized spacial score (nSPS) is 11.3. The van der Waals surface area contributed by atoms with Gasteiger partial charge < -0.3 is 9.47 Å². The van der Waals surface area contributed by atoms with Crippen LogP contribution in [-0.4, -0.2) is 38.4 Å². The molecule has 0 spiro atoms. The number of aromatic nitrogens is 2. The highest BCUT2D eigenvalue weighted by Gasteiger charge is 2.20. The lowest BCUT2D eigenvalue weighted by molar-refractivity contribution is 0.0593. The Morgan fingerprint density at radius 3 is 2.14 bits per heavy atom. The lowest BCUT2D eigenvalue weighted by atomic mass is 10.1. The van der Waals surface area contributed by atoms with E-state index in [2.05, 4.69) is 5.10 Å². The number of hydrogen-bond donors (Lipinski definition) is 1. The van der Waals surface area contributed by atoms with Gasteiger partial charge in [0.25, 0.3) is 0 Å². The molecule has 1 heterocycles. The molecule has 0 unspecified atom stereocenters. The second kappa shape index (κ2) is 8.03. The number of hydrogen-bond acceptors (Lipinski definition) is 6. The van der Waals surface area contributed by atoms with Crippen LogP contribution in [0.3, 0.4) is 0 Å². The van der Waals surface area contributed by atoms with E-state index >= 15 is 0 Å². The predicted octanol–water partition coefficient (Wildman–Crippen LogP) is 3.29. The Labute approximate surface area is 176 Å². The molecule has 2 aromatic carbocycles. The highest BCUT2D eigenvalue weighted by molar-refractivity contribution is 7.89. The van der Waals surface area contributed by atoms with E-state index in [1.54, 1.807) is 12.1 Å². The van der Waals surface area contributed by atoms with Crippen LogP contribution in [0.2, 0.25) is 10.0 Å². The summed E-state index contributed by atoms with van der Waals surface area (Å²) in [5.41, 5.74) is 1.55. The van der Waals surface area contributed by atoms with Gasteiger partial charge in [-0.1, -0.05) is 23.2 Å². The molecular formula is C18H15Cl2N3O5S. The molecule has 8 nitrogen and oxygen atoms in total. The topological polar surface area (TPSA) is 114 Å². The maximum Gasteiger partial charge on any atom is 0.358 e. The number of nitrogens with two attached hydrogens (primary N) is 1. The number of halogens is 2. The molecule has 0 aliphatic heterocycles. The van der Waals surface area contributed by atoms with Gasteiger partial charge in [0.2, 0.25) is 10.0 Å². The maximum atomic E-state index is 12.0. The molecule has 0 amide bonds. The van der Waals surface area contributed by atoms with Gasteiger partial charge in [-0.25, -0.2) is 23.0 Å². The van der Waals surface area contributed by atoms with Crippen molar-refractivity contribution in [1.82, 2.24) is 9.78 Å². The summed E-state index contributed by atoms with van der Waals surface area (Å²) in [5.74, 6) is -0.328. The maximum absolute atomic E-state index is 12.0. The van der Waals surface area contributed by atoms with Gasteiger partial charge in [-0.3, -0.25) is 0 Å². The fraction of sp³-hybridized carbons (Fsp3) is 0.111. The van der Waals surface area contributed by atoms with Crippen molar-refractivity contribution in [1.29, 1.82) is 0 Å². The van der Waals surface area contributed by atoms with Crippen LogP contribution in [0.5, 0.6) is 5.75 Å². The Hall–Kier alpha value is -2.59. The summed E-state index contributed by atoms with van der Waals surface area (Å²) in [4.78, 5) is 11.9. The summed E-state index contributed by atoms with van der Waals surface area (Å²) in [6.45, 7) is 0. The Balaban J connectivity index is 2.20. The van der Waals surface area contributed by atoms with Crippen LogP contribution in [-0.2, 0) is 14.8 Å². The third kappa shape index (κ3) is 4.23. The number of methoxy groups -OCH3 is 2. The van der Waals surface area contributed by atoms with Crippen molar-refractivity contribution < 1.29 is 22.7 Å². The molecular weight excluding hydrogens is 441 g/mol. The van der Waals surface area contributed by atoms with E-state index in [1.807, 2.05) is 0 Å². The molecule has 1 aromatic heterocycles. The first-order valence-electron chi connectivity index (χ1n) is 8.00. The molecule has 3 aromatic rings. The SMILES string of the molecule is COC(=O)c1cc(-c2cc(Cl)c(OC)c(Cl)c2)n(-c2ccc(S(N)(=O)=O)cc2)n1. The van der Waals surface area contributed by atoms with Gasteiger partial charge in [0.05, 0.1) is 40.5 Å². The van der Waals surface area contributed by atoms with Crippen molar-refractivity contribution in [2.45, 2.75) is 4.90 Å². The molecule has 0 fully saturated rings. The minimum absolute atomic E-state index is 0.0427. The van der Waals surface area contributed by atoms with E-state index in [0.717, 1.165) is 0 Å². The van der Waals surface area contributed by atoms with Gasteiger partial charge in [-0.15, -0.1) is 0 Å². The lowest BCUT2D eigenvalue weighted by Gasteiger charge is -2.11. The highest BCUT2D eigenvalue weighted by Crippen LogP contribution is 2.38. The van der Waals surface area contributed by atoms with E-state index in [1.165, 1.54) is 49.2 Å². The molecule has 0 saturated carbocycles. The number of primary sulfonamides is 1. The summed E-state index contributed by atoms with van der Waals surface area (Å²) >= 11 is 12.5.